The number of carbonyl (C=O) groups is 2. The highest BCUT2D eigenvalue weighted by Crippen LogP contribution is 2.20. The topological polar surface area (TPSA) is 60.7 Å². The van der Waals surface area contributed by atoms with E-state index in [1.807, 2.05) is 12.1 Å². The van der Waals surface area contributed by atoms with Crippen molar-refractivity contribution < 1.29 is 14.3 Å². The van der Waals surface area contributed by atoms with Crippen molar-refractivity contribution in [3.8, 4) is 12.3 Å². The van der Waals surface area contributed by atoms with E-state index in [2.05, 4.69) is 10.9 Å². The van der Waals surface area contributed by atoms with Crippen LogP contribution in [-0.2, 0) is 16.1 Å². The van der Waals surface area contributed by atoms with Gasteiger partial charge in [0.05, 0.1) is 28.9 Å². The summed E-state index contributed by atoms with van der Waals surface area (Å²) in [6, 6.07) is 12.4. The normalized spacial score (nSPS) is 11.7. The van der Waals surface area contributed by atoms with Crippen molar-refractivity contribution in [1.82, 2.24) is 4.57 Å². The van der Waals surface area contributed by atoms with E-state index in [-0.39, 0.29) is 6.54 Å². The third-order valence-electron chi connectivity index (χ3n) is 3.96. The average molecular weight is 425 g/mol. The first kappa shape index (κ1) is 20.6. The highest BCUT2D eigenvalue weighted by molar-refractivity contribution is 7.16. The third-order valence-corrected chi connectivity index (χ3v) is 5.35. The van der Waals surface area contributed by atoms with E-state index in [0.717, 1.165) is 15.8 Å². The maximum absolute atomic E-state index is 12.4. The molecule has 1 aromatic heterocycles. The summed E-state index contributed by atoms with van der Waals surface area (Å²) >= 11 is 7.37. The van der Waals surface area contributed by atoms with Gasteiger partial charge >= 0.3 is 5.97 Å². The first-order valence-electron chi connectivity index (χ1n) is 8.78. The molecule has 0 saturated carbocycles. The van der Waals surface area contributed by atoms with Crippen LogP contribution in [0.3, 0.4) is 0 Å². The minimum absolute atomic E-state index is 0.249. The summed E-state index contributed by atoms with van der Waals surface area (Å²) in [5, 5.41) is 0.548. The van der Waals surface area contributed by atoms with Gasteiger partial charge in [-0.15, -0.1) is 6.42 Å². The van der Waals surface area contributed by atoms with Crippen molar-refractivity contribution in [3.05, 3.63) is 69.5 Å². The Kier molecular flexibility index (Phi) is 6.65. The van der Waals surface area contributed by atoms with Crippen molar-refractivity contribution >= 4 is 51.1 Å². The second-order valence-corrected chi connectivity index (χ2v) is 7.30. The minimum atomic E-state index is -0.437. The molecular formula is C22H17ClN2O3S. The molecule has 0 aliphatic rings. The highest BCUT2D eigenvalue weighted by atomic mass is 35.5. The van der Waals surface area contributed by atoms with Gasteiger partial charge in [-0.05, 0) is 42.8 Å². The number of thiazole rings is 1. The molecule has 0 saturated heterocycles. The Hall–Kier alpha value is -3.14. The second-order valence-electron chi connectivity index (χ2n) is 5.88. The van der Waals surface area contributed by atoms with Crippen LogP contribution in [0.1, 0.15) is 22.8 Å². The summed E-state index contributed by atoms with van der Waals surface area (Å²) in [6.07, 6.45) is 8.46. The van der Waals surface area contributed by atoms with Gasteiger partial charge in [0, 0.05) is 11.1 Å². The van der Waals surface area contributed by atoms with Gasteiger partial charge in [0.15, 0.2) is 4.80 Å². The predicted octanol–water partition coefficient (Wildman–Crippen LogP) is 4.31. The minimum Gasteiger partial charge on any atom is -0.462 e. The van der Waals surface area contributed by atoms with Crippen molar-refractivity contribution in [2.24, 2.45) is 4.99 Å². The number of aromatic nitrogens is 1. The molecule has 0 spiro atoms. The Morgan fingerprint density at radius 2 is 2.10 bits per heavy atom. The van der Waals surface area contributed by atoms with Crippen molar-refractivity contribution in [2.45, 2.75) is 13.5 Å². The first-order chi connectivity index (χ1) is 14.0. The van der Waals surface area contributed by atoms with Crippen LogP contribution in [0.5, 0.6) is 0 Å². The number of hydrogen-bond acceptors (Lipinski definition) is 4. The number of carbonyl (C=O) groups excluding carboxylic acids is 2. The molecule has 0 aliphatic heterocycles. The van der Waals surface area contributed by atoms with Crippen LogP contribution in [0.2, 0.25) is 5.02 Å². The Balaban J connectivity index is 1.99. The Bertz CT molecular complexity index is 1210. The molecule has 0 N–H and O–H groups in total. The number of esters is 1. The molecule has 5 nitrogen and oxygen atoms in total. The van der Waals surface area contributed by atoms with Crippen molar-refractivity contribution in [2.75, 3.05) is 6.61 Å². The van der Waals surface area contributed by atoms with Crippen LogP contribution in [0.4, 0.5) is 0 Å². The quantitative estimate of drug-likeness (QED) is 0.348. The van der Waals surface area contributed by atoms with Crippen LogP contribution >= 0.6 is 22.9 Å². The molecule has 29 heavy (non-hydrogen) atoms. The van der Waals surface area contributed by atoms with E-state index in [9.17, 15) is 9.59 Å². The van der Waals surface area contributed by atoms with E-state index in [0.29, 0.717) is 22.0 Å². The largest absolute Gasteiger partial charge is 0.462 e. The number of terminal acetylenes is 1. The average Bonchev–Trinajstić information content (AvgIpc) is 3.04. The third kappa shape index (κ3) is 4.83. The SMILES string of the molecule is C#CCn1c(=NC(=O)C=Cc2ccccc2Cl)sc2cc(C(=O)OCC)ccc21. The molecule has 0 unspecified atom stereocenters. The van der Waals surface area contributed by atoms with Gasteiger partial charge in [-0.3, -0.25) is 4.79 Å². The summed E-state index contributed by atoms with van der Waals surface area (Å²) in [5.74, 6) is 1.73. The number of fused-ring (bicyclic) bond motifs is 1. The van der Waals surface area contributed by atoms with Gasteiger partial charge in [-0.2, -0.15) is 4.99 Å². The molecule has 0 fully saturated rings. The van der Waals surface area contributed by atoms with E-state index < -0.39 is 11.9 Å². The standard InChI is InChI=1S/C22H17ClN2O3S/c1-3-13-25-18-11-9-16(21(27)28-4-2)14-19(18)29-22(25)24-20(26)12-10-15-7-5-6-8-17(15)23/h1,5-12,14H,4,13H2,2H3. The highest BCUT2D eigenvalue weighted by Gasteiger charge is 2.11. The van der Waals surface area contributed by atoms with Crippen LogP contribution in [0, 0.1) is 12.3 Å². The molecule has 3 aromatic rings. The molecule has 1 heterocycles. The molecule has 1 amide bonds. The van der Waals surface area contributed by atoms with Gasteiger partial charge in [0.25, 0.3) is 5.91 Å². The van der Waals surface area contributed by atoms with E-state index in [4.69, 9.17) is 22.8 Å². The molecule has 0 atom stereocenters. The number of nitrogens with zero attached hydrogens (tertiary/aromatic N) is 2. The maximum atomic E-state index is 12.4. The van der Waals surface area contributed by atoms with Crippen molar-refractivity contribution in [1.29, 1.82) is 0 Å². The number of rotatable bonds is 5. The molecule has 3 rings (SSSR count). The molecule has 146 valence electrons. The smallest absolute Gasteiger partial charge is 0.338 e. The zero-order valence-corrected chi connectivity index (χ0v) is 17.2. The van der Waals surface area contributed by atoms with Crippen molar-refractivity contribution in [3.63, 3.8) is 0 Å². The lowest BCUT2D eigenvalue weighted by molar-refractivity contribution is -0.113. The molecular weight excluding hydrogens is 408 g/mol. The number of benzene rings is 2. The fourth-order valence-corrected chi connectivity index (χ4v) is 3.92. The summed E-state index contributed by atoms with van der Waals surface area (Å²) in [6.45, 7) is 2.30. The number of amides is 1. The zero-order valence-electron chi connectivity index (χ0n) is 15.6. The summed E-state index contributed by atoms with van der Waals surface area (Å²) in [7, 11) is 0. The molecule has 0 aliphatic carbocycles. The van der Waals surface area contributed by atoms with Gasteiger partial charge in [0.2, 0.25) is 0 Å². The Morgan fingerprint density at radius 3 is 2.83 bits per heavy atom. The Labute approximate surface area is 176 Å². The summed E-state index contributed by atoms with van der Waals surface area (Å²) in [4.78, 5) is 29.0. The molecule has 2 aromatic carbocycles. The number of hydrogen-bond donors (Lipinski definition) is 0. The Morgan fingerprint density at radius 1 is 1.31 bits per heavy atom. The van der Waals surface area contributed by atoms with Gasteiger partial charge < -0.3 is 9.30 Å². The fourth-order valence-electron chi connectivity index (χ4n) is 2.65. The summed E-state index contributed by atoms with van der Waals surface area (Å²) < 4.78 is 7.58. The number of ether oxygens (including phenoxy) is 1. The molecule has 0 bridgehead atoms. The van der Waals surface area contributed by atoms with Crippen LogP contribution < -0.4 is 4.80 Å². The predicted molar refractivity (Wildman–Crippen MR) is 116 cm³/mol. The number of halogens is 1. The lowest BCUT2D eigenvalue weighted by Gasteiger charge is -2.03. The molecule has 7 heteroatoms. The van der Waals surface area contributed by atoms with E-state index in [1.165, 1.54) is 17.4 Å². The van der Waals surface area contributed by atoms with E-state index >= 15 is 0 Å². The fraction of sp³-hybridized carbons (Fsp3) is 0.136. The van der Waals surface area contributed by atoms with Crippen LogP contribution in [-0.4, -0.2) is 23.1 Å². The summed E-state index contributed by atoms with van der Waals surface area (Å²) in [5.41, 5.74) is 1.96. The second kappa shape index (κ2) is 9.37. The van der Waals surface area contributed by atoms with Gasteiger partial charge in [-0.1, -0.05) is 47.1 Å². The zero-order chi connectivity index (χ0) is 20.8. The first-order valence-corrected chi connectivity index (χ1v) is 9.98. The molecule has 0 radical (unpaired) electrons. The maximum Gasteiger partial charge on any atom is 0.338 e. The van der Waals surface area contributed by atoms with Crippen LogP contribution in [0.25, 0.3) is 16.3 Å². The lowest BCUT2D eigenvalue weighted by Crippen LogP contribution is -2.15. The monoisotopic (exact) mass is 424 g/mol. The van der Waals surface area contributed by atoms with E-state index in [1.54, 1.807) is 47.9 Å². The van der Waals surface area contributed by atoms with Crippen LogP contribution in [0.15, 0.2) is 53.5 Å². The van der Waals surface area contributed by atoms with Gasteiger partial charge in [-0.25, -0.2) is 4.79 Å². The van der Waals surface area contributed by atoms with Gasteiger partial charge in [0.1, 0.15) is 0 Å². The lowest BCUT2D eigenvalue weighted by atomic mass is 10.2.